The molecule has 0 fully saturated rings. The molecule has 0 spiro atoms. The molecule has 58 valence electrons. The average Bonchev–Trinajstić information content (AvgIpc) is 1.87. The quantitative estimate of drug-likeness (QED) is 0.515. The van der Waals surface area contributed by atoms with Crippen molar-refractivity contribution in [2.75, 3.05) is 5.88 Å². The summed E-state index contributed by atoms with van der Waals surface area (Å²) in [5.41, 5.74) is 0. The van der Waals surface area contributed by atoms with Crippen molar-refractivity contribution in [3.8, 4) is 0 Å². The summed E-state index contributed by atoms with van der Waals surface area (Å²) in [6.45, 7) is 1.31. The van der Waals surface area contributed by atoms with Crippen LogP contribution in [0.25, 0.3) is 0 Å². The van der Waals surface area contributed by atoms with Crippen molar-refractivity contribution in [3.63, 3.8) is 0 Å². The number of halogens is 1. The Bertz CT molecular complexity index is 148. The van der Waals surface area contributed by atoms with Crippen LogP contribution in [0.1, 0.15) is 6.92 Å². The summed E-state index contributed by atoms with van der Waals surface area (Å²) in [7, 11) is 0. The average molecular weight is 165 g/mol. The molecular formula is C5H7ClNO3-. The van der Waals surface area contributed by atoms with Gasteiger partial charge in [0.05, 0.1) is 12.0 Å². The highest BCUT2D eigenvalue weighted by atomic mass is 35.5. The van der Waals surface area contributed by atoms with Crippen LogP contribution in [-0.2, 0) is 9.59 Å². The molecule has 0 radical (unpaired) electrons. The van der Waals surface area contributed by atoms with Crippen LogP contribution in [0.5, 0.6) is 0 Å². The highest BCUT2D eigenvalue weighted by Crippen LogP contribution is 1.80. The minimum absolute atomic E-state index is 0.238. The number of amides is 1. The van der Waals surface area contributed by atoms with Crippen LogP contribution >= 0.6 is 11.6 Å². The Morgan fingerprint density at radius 2 is 2.20 bits per heavy atom. The molecule has 0 aliphatic carbocycles. The third-order valence-corrected chi connectivity index (χ3v) is 1.10. The van der Waals surface area contributed by atoms with Crippen molar-refractivity contribution >= 4 is 23.5 Å². The zero-order valence-corrected chi connectivity index (χ0v) is 6.14. The van der Waals surface area contributed by atoms with Crippen molar-refractivity contribution in [3.05, 3.63) is 0 Å². The van der Waals surface area contributed by atoms with Gasteiger partial charge in [-0.3, -0.25) is 4.79 Å². The number of alkyl halides is 1. The minimum Gasteiger partial charge on any atom is -0.548 e. The van der Waals surface area contributed by atoms with E-state index in [0.717, 1.165) is 0 Å². The Balaban J connectivity index is 3.68. The van der Waals surface area contributed by atoms with Gasteiger partial charge in [0.1, 0.15) is 5.88 Å². The van der Waals surface area contributed by atoms with Gasteiger partial charge in [0.15, 0.2) is 0 Å². The van der Waals surface area contributed by atoms with E-state index in [9.17, 15) is 14.7 Å². The minimum atomic E-state index is -1.32. The molecule has 0 bridgehead atoms. The van der Waals surface area contributed by atoms with Gasteiger partial charge in [-0.25, -0.2) is 0 Å². The largest absolute Gasteiger partial charge is 0.548 e. The number of carboxylic acids is 1. The monoisotopic (exact) mass is 164 g/mol. The lowest BCUT2D eigenvalue weighted by molar-refractivity contribution is -0.307. The molecule has 0 aromatic rings. The summed E-state index contributed by atoms with van der Waals surface area (Å²) in [6, 6.07) is -0.980. The first-order valence-electron chi connectivity index (χ1n) is 2.64. The van der Waals surface area contributed by atoms with E-state index in [1.807, 2.05) is 0 Å². The SMILES string of the molecule is C[C@H](NC(=O)CCl)C(=O)[O-]. The maximum absolute atomic E-state index is 10.4. The topological polar surface area (TPSA) is 69.2 Å². The van der Waals surface area contributed by atoms with E-state index >= 15 is 0 Å². The molecule has 4 nitrogen and oxygen atoms in total. The van der Waals surface area contributed by atoms with E-state index < -0.39 is 17.9 Å². The van der Waals surface area contributed by atoms with Crippen LogP contribution in [0.2, 0.25) is 0 Å². The Morgan fingerprint density at radius 3 is 2.50 bits per heavy atom. The van der Waals surface area contributed by atoms with Crippen molar-refractivity contribution < 1.29 is 14.7 Å². The zero-order chi connectivity index (χ0) is 8.15. The predicted octanol–water partition coefficient (Wildman–Crippen LogP) is -1.52. The van der Waals surface area contributed by atoms with Crippen molar-refractivity contribution in [2.45, 2.75) is 13.0 Å². The number of rotatable bonds is 3. The van der Waals surface area contributed by atoms with Crippen LogP contribution in [0.4, 0.5) is 0 Å². The summed E-state index contributed by atoms with van der Waals surface area (Å²) in [6.07, 6.45) is 0. The van der Waals surface area contributed by atoms with Crippen LogP contribution in [-0.4, -0.2) is 23.8 Å². The number of carbonyl (C=O) groups excluding carboxylic acids is 2. The molecule has 0 aromatic carbocycles. The molecule has 0 aliphatic rings. The summed E-state index contributed by atoms with van der Waals surface area (Å²) < 4.78 is 0. The summed E-state index contributed by atoms with van der Waals surface area (Å²) in [4.78, 5) is 20.4. The van der Waals surface area contributed by atoms with Gasteiger partial charge in [-0.2, -0.15) is 0 Å². The molecule has 0 heterocycles. The van der Waals surface area contributed by atoms with E-state index in [0.29, 0.717) is 0 Å². The molecule has 1 N–H and O–H groups in total. The number of hydrogen-bond acceptors (Lipinski definition) is 3. The lowest BCUT2D eigenvalue weighted by Crippen LogP contribution is -2.46. The van der Waals surface area contributed by atoms with Gasteiger partial charge in [0, 0.05) is 0 Å². The summed E-state index contributed by atoms with van der Waals surface area (Å²) in [5.74, 6) is -2.07. The highest BCUT2D eigenvalue weighted by Gasteiger charge is 2.04. The van der Waals surface area contributed by atoms with Crippen LogP contribution in [0.3, 0.4) is 0 Å². The summed E-state index contributed by atoms with van der Waals surface area (Å²) >= 11 is 5.08. The van der Waals surface area contributed by atoms with E-state index in [1.165, 1.54) is 6.92 Å². The molecule has 1 atom stereocenters. The zero-order valence-electron chi connectivity index (χ0n) is 5.39. The van der Waals surface area contributed by atoms with Gasteiger partial charge in [-0.15, -0.1) is 11.6 Å². The predicted molar refractivity (Wildman–Crippen MR) is 33.3 cm³/mol. The molecule has 0 aliphatic heterocycles. The summed E-state index contributed by atoms with van der Waals surface area (Å²) in [5, 5.41) is 12.1. The lowest BCUT2D eigenvalue weighted by atomic mass is 10.3. The fraction of sp³-hybridized carbons (Fsp3) is 0.600. The first-order chi connectivity index (χ1) is 4.57. The molecule has 0 unspecified atom stereocenters. The third-order valence-electron chi connectivity index (χ3n) is 0.852. The lowest BCUT2D eigenvalue weighted by Gasteiger charge is -2.12. The molecule has 10 heavy (non-hydrogen) atoms. The van der Waals surface area contributed by atoms with Gasteiger partial charge in [0.25, 0.3) is 0 Å². The molecule has 0 rings (SSSR count). The third kappa shape index (κ3) is 3.29. The van der Waals surface area contributed by atoms with Gasteiger partial charge in [-0.1, -0.05) is 0 Å². The fourth-order valence-corrected chi connectivity index (χ4v) is 0.416. The number of aliphatic carboxylic acids is 1. The molecule has 0 aromatic heterocycles. The maximum Gasteiger partial charge on any atom is 0.235 e. The van der Waals surface area contributed by atoms with E-state index in [-0.39, 0.29) is 5.88 Å². The van der Waals surface area contributed by atoms with Crippen molar-refractivity contribution in [1.29, 1.82) is 0 Å². The van der Waals surface area contributed by atoms with Gasteiger partial charge >= 0.3 is 0 Å². The van der Waals surface area contributed by atoms with Crippen LogP contribution < -0.4 is 10.4 Å². The van der Waals surface area contributed by atoms with Gasteiger partial charge < -0.3 is 15.2 Å². The second-order valence-electron chi connectivity index (χ2n) is 1.74. The second-order valence-corrected chi connectivity index (χ2v) is 2.01. The normalized spacial score (nSPS) is 12.2. The number of nitrogens with one attached hydrogen (secondary N) is 1. The van der Waals surface area contributed by atoms with E-state index in [1.54, 1.807) is 0 Å². The number of hydrogen-bond donors (Lipinski definition) is 1. The molecule has 5 heteroatoms. The smallest absolute Gasteiger partial charge is 0.235 e. The van der Waals surface area contributed by atoms with Crippen molar-refractivity contribution in [2.24, 2.45) is 0 Å². The van der Waals surface area contributed by atoms with E-state index in [4.69, 9.17) is 11.6 Å². The maximum atomic E-state index is 10.4. The first kappa shape index (κ1) is 9.23. The standard InChI is InChI=1S/C5H8ClNO3/c1-3(5(9)10)7-4(8)2-6/h3H,2H2,1H3,(H,7,8)(H,9,10)/p-1/t3-/m0/s1. The Labute approximate surface area is 63.2 Å². The molecule has 1 amide bonds. The Hall–Kier alpha value is -0.770. The highest BCUT2D eigenvalue weighted by molar-refractivity contribution is 6.27. The first-order valence-corrected chi connectivity index (χ1v) is 3.17. The van der Waals surface area contributed by atoms with Crippen LogP contribution in [0.15, 0.2) is 0 Å². The van der Waals surface area contributed by atoms with Crippen LogP contribution in [0, 0.1) is 0 Å². The van der Waals surface area contributed by atoms with Gasteiger partial charge in [-0.05, 0) is 6.92 Å². The second kappa shape index (κ2) is 4.11. The molecule has 0 saturated carbocycles. The number of carbonyl (C=O) groups is 2. The number of carboxylic acid groups (broad SMARTS) is 1. The fourth-order valence-electron chi connectivity index (χ4n) is 0.339. The Kier molecular flexibility index (Phi) is 3.79. The molecular weight excluding hydrogens is 158 g/mol. The van der Waals surface area contributed by atoms with Gasteiger partial charge in [0.2, 0.25) is 5.91 Å². The Morgan fingerprint density at radius 1 is 1.70 bits per heavy atom. The molecule has 0 saturated heterocycles. The van der Waals surface area contributed by atoms with E-state index in [2.05, 4.69) is 5.32 Å². The van der Waals surface area contributed by atoms with Crippen molar-refractivity contribution in [1.82, 2.24) is 5.32 Å².